The van der Waals surface area contributed by atoms with Gasteiger partial charge in [-0.1, -0.05) is 23.2 Å². The van der Waals surface area contributed by atoms with Crippen molar-refractivity contribution in [2.24, 2.45) is 0 Å². The van der Waals surface area contributed by atoms with E-state index in [0.717, 1.165) is 0 Å². The summed E-state index contributed by atoms with van der Waals surface area (Å²) in [7, 11) is 1.51. The first-order chi connectivity index (χ1) is 12.9. The molecule has 0 saturated carbocycles. The maximum Gasteiger partial charge on any atom is 0.224 e. The van der Waals surface area contributed by atoms with Gasteiger partial charge in [0.1, 0.15) is 11.5 Å². The van der Waals surface area contributed by atoms with Gasteiger partial charge in [0.15, 0.2) is 0 Å². The van der Waals surface area contributed by atoms with E-state index in [1.807, 2.05) is 0 Å². The third-order valence-electron chi connectivity index (χ3n) is 3.49. The molecule has 2 amide bonds. The van der Waals surface area contributed by atoms with E-state index in [2.05, 4.69) is 10.6 Å². The van der Waals surface area contributed by atoms with Crippen LogP contribution in [0.1, 0.15) is 19.8 Å². The molecule has 0 aromatic heterocycles. The van der Waals surface area contributed by atoms with Gasteiger partial charge in [0.25, 0.3) is 0 Å². The number of rotatable bonds is 8. The second-order valence-corrected chi connectivity index (χ2v) is 6.51. The molecule has 2 aromatic carbocycles. The number of methoxy groups -OCH3 is 1. The summed E-state index contributed by atoms with van der Waals surface area (Å²) in [5.74, 6) is 0.627. The van der Waals surface area contributed by atoms with Crippen LogP contribution >= 0.6 is 23.2 Å². The van der Waals surface area contributed by atoms with Gasteiger partial charge < -0.3 is 20.1 Å². The van der Waals surface area contributed by atoms with E-state index in [-0.39, 0.29) is 18.2 Å². The lowest BCUT2D eigenvalue weighted by Gasteiger charge is -2.13. The summed E-state index contributed by atoms with van der Waals surface area (Å²) in [5.41, 5.74) is 1.05. The molecule has 0 bridgehead atoms. The van der Waals surface area contributed by atoms with E-state index in [1.165, 1.54) is 14.0 Å². The molecule has 0 radical (unpaired) electrons. The van der Waals surface area contributed by atoms with Crippen LogP contribution in [0.15, 0.2) is 36.4 Å². The Morgan fingerprint density at radius 1 is 1.04 bits per heavy atom. The average molecular weight is 411 g/mol. The van der Waals surface area contributed by atoms with Crippen LogP contribution in [0.3, 0.4) is 0 Å². The Bertz CT molecular complexity index is 827. The summed E-state index contributed by atoms with van der Waals surface area (Å²) in [4.78, 5) is 23.4. The smallest absolute Gasteiger partial charge is 0.224 e. The Morgan fingerprint density at radius 3 is 2.44 bits per heavy atom. The maximum absolute atomic E-state index is 12.2. The molecule has 2 rings (SSSR count). The third-order valence-corrected chi connectivity index (χ3v) is 4.02. The fourth-order valence-corrected chi connectivity index (χ4v) is 2.77. The zero-order valence-electron chi connectivity index (χ0n) is 15.0. The molecule has 2 N–H and O–H groups in total. The summed E-state index contributed by atoms with van der Waals surface area (Å²) < 4.78 is 10.8. The van der Waals surface area contributed by atoms with Crippen LogP contribution in [0.25, 0.3) is 0 Å². The van der Waals surface area contributed by atoms with Crippen LogP contribution in [0, 0.1) is 0 Å². The maximum atomic E-state index is 12.2. The van der Waals surface area contributed by atoms with Gasteiger partial charge in [-0.3, -0.25) is 9.59 Å². The lowest BCUT2D eigenvalue weighted by atomic mass is 10.2. The van der Waals surface area contributed by atoms with E-state index in [9.17, 15) is 9.59 Å². The first-order valence-electron chi connectivity index (χ1n) is 8.22. The number of ether oxygens (including phenoxy) is 2. The topological polar surface area (TPSA) is 76.7 Å². The second kappa shape index (κ2) is 10.0. The highest BCUT2D eigenvalue weighted by molar-refractivity contribution is 6.35. The average Bonchev–Trinajstić information content (AvgIpc) is 2.60. The molecule has 8 heteroatoms. The zero-order chi connectivity index (χ0) is 19.8. The molecule has 0 atom stereocenters. The Hall–Kier alpha value is -2.44. The zero-order valence-corrected chi connectivity index (χ0v) is 16.5. The number of hydrogen-bond acceptors (Lipinski definition) is 4. The summed E-state index contributed by atoms with van der Waals surface area (Å²) in [6.07, 6.45) is 0.747. The lowest BCUT2D eigenvalue weighted by Crippen LogP contribution is -2.14. The molecule has 6 nitrogen and oxygen atoms in total. The predicted octanol–water partition coefficient (Wildman–Crippen LogP) is 4.76. The molecule has 0 saturated heterocycles. The number of carbonyl (C=O) groups excluding carboxylic acids is 2. The van der Waals surface area contributed by atoms with Crippen LogP contribution in [-0.4, -0.2) is 25.5 Å². The van der Waals surface area contributed by atoms with Crippen molar-refractivity contribution >= 4 is 46.4 Å². The fourth-order valence-electron chi connectivity index (χ4n) is 2.31. The number of nitrogens with one attached hydrogen (secondary N) is 2. The van der Waals surface area contributed by atoms with E-state index < -0.39 is 0 Å². The molecule has 0 aliphatic rings. The summed E-state index contributed by atoms with van der Waals surface area (Å²) in [6.45, 7) is 1.74. The Morgan fingerprint density at radius 2 is 1.78 bits per heavy atom. The molecule has 144 valence electrons. The number of anilines is 2. The minimum absolute atomic E-state index is 0.195. The van der Waals surface area contributed by atoms with Crippen molar-refractivity contribution in [3.63, 3.8) is 0 Å². The minimum atomic E-state index is -0.199. The molecule has 0 fully saturated rings. The summed E-state index contributed by atoms with van der Waals surface area (Å²) in [6, 6.07) is 9.97. The van der Waals surface area contributed by atoms with Crippen molar-refractivity contribution in [3.8, 4) is 11.5 Å². The fraction of sp³-hybridized carbons (Fsp3) is 0.263. The van der Waals surface area contributed by atoms with Crippen LogP contribution < -0.4 is 20.1 Å². The van der Waals surface area contributed by atoms with E-state index in [0.29, 0.717) is 45.9 Å². The normalized spacial score (nSPS) is 10.2. The second-order valence-electron chi connectivity index (χ2n) is 5.67. The van der Waals surface area contributed by atoms with Gasteiger partial charge >= 0.3 is 0 Å². The number of benzene rings is 2. The van der Waals surface area contributed by atoms with Crippen molar-refractivity contribution in [2.45, 2.75) is 19.8 Å². The van der Waals surface area contributed by atoms with Gasteiger partial charge in [-0.15, -0.1) is 0 Å². The van der Waals surface area contributed by atoms with E-state index in [4.69, 9.17) is 32.7 Å². The molecule has 0 spiro atoms. The highest BCUT2D eigenvalue weighted by Crippen LogP contribution is 2.29. The van der Waals surface area contributed by atoms with Crippen molar-refractivity contribution in [1.82, 2.24) is 0 Å². The van der Waals surface area contributed by atoms with Gasteiger partial charge in [0.05, 0.1) is 24.4 Å². The van der Waals surface area contributed by atoms with Crippen LogP contribution in [-0.2, 0) is 9.59 Å². The highest BCUT2D eigenvalue weighted by Gasteiger charge is 2.10. The minimum Gasteiger partial charge on any atom is -0.495 e. The molecule has 2 aromatic rings. The highest BCUT2D eigenvalue weighted by atomic mass is 35.5. The molecule has 0 aliphatic carbocycles. The Labute approximate surface area is 167 Å². The van der Waals surface area contributed by atoms with E-state index in [1.54, 1.807) is 36.4 Å². The van der Waals surface area contributed by atoms with Crippen LogP contribution in [0.4, 0.5) is 11.4 Å². The van der Waals surface area contributed by atoms with Gasteiger partial charge in [0, 0.05) is 24.1 Å². The van der Waals surface area contributed by atoms with Gasteiger partial charge in [-0.25, -0.2) is 0 Å². The van der Waals surface area contributed by atoms with Crippen molar-refractivity contribution < 1.29 is 19.1 Å². The monoisotopic (exact) mass is 410 g/mol. The number of halogens is 2. The SMILES string of the molecule is COc1ccc(NC(C)=O)cc1NC(=O)CCCOc1ccc(Cl)cc1Cl. The molecule has 0 unspecified atom stereocenters. The third kappa shape index (κ3) is 6.66. The molecule has 0 aliphatic heterocycles. The Balaban J connectivity index is 1.86. The van der Waals surface area contributed by atoms with Crippen LogP contribution in [0.2, 0.25) is 10.0 Å². The Kier molecular flexibility index (Phi) is 7.76. The molecule has 0 heterocycles. The predicted molar refractivity (Wildman–Crippen MR) is 107 cm³/mol. The van der Waals surface area contributed by atoms with Gasteiger partial charge in [0.2, 0.25) is 11.8 Å². The van der Waals surface area contributed by atoms with Crippen molar-refractivity contribution in [3.05, 3.63) is 46.4 Å². The van der Waals surface area contributed by atoms with Crippen LogP contribution in [0.5, 0.6) is 11.5 Å². The number of hydrogen-bond donors (Lipinski definition) is 2. The van der Waals surface area contributed by atoms with Gasteiger partial charge in [-0.05, 0) is 42.8 Å². The van der Waals surface area contributed by atoms with E-state index >= 15 is 0 Å². The first kappa shape index (κ1) is 20.9. The summed E-state index contributed by atoms with van der Waals surface area (Å²) >= 11 is 11.9. The lowest BCUT2D eigenvalue weighted by molar-refractivity contribution is -0.116. The number of carbonyl (C=O) groups is 2. The largest absolute Gasteiger partial charge is 0.495 e. The van der Waals surface area contributed by atoms with Crippen molar-refractivity contribution in [2.75, 3.05) is 24.4 Å². The number of amides is 2. The summed E-state index contributed by atoms with van der Waals surface area (Å²) in [5, 5.41) is 6.39. The molecular formula is C19H20Cl2N2O4. The van der Waals surface area contributed by atoms with Gasteiger partial charge in [-0.2, -0.15) is 0 Å². The standard InChI is InChI=1S/C19H20Cl2N2O4/c1-12(24)22-14-6-8-18(26-2)16(11-14)23-19(25)4-3-9-27-17-7-5-13(20)10-15(17)21/h5-8,10-11H,3-4,9H2,1-2H3,(H,22,24)(H,23,25). The quantitative estimate of drug-likeness (QED) is 0.615. The first-order valence-corrected chi connectivity index (χ1v) is 8.98. The van der Waals surface area contributed by atoms with Crippen molar-refractivity contribution in [1.29, 1.82) is 0 Å². The molecule has 27 heavy (non-hydrogen) atoms. The molecular weight excluding hydrogens is 391 g/mol.